The van der Waals surface area contributed by atoms with Crippen molar-refractivity contribution in [3.8, 4) is 33.8 Å². The molecule has 1 aliphatic heterocycles. The maximum Gasteiger partial charge on any atom is 0.181 e. The van der Waals surface area contributed by atoms with E-state index >= 15 is 0 Å². The number of H-pyrrole nitrogens is 2. The Morgan fingerprint density at radius 3 is 2.55 bits per heavy atom. The van der Waals surface area contributed by atoms with Crippen LogP contribution in [0.25, 0.3) is 55.8 Å². The highest BCUT2D eigenvalue weighted by Gasteiger charge is 2.18. The number of rotatable bonds is 7. The van der Waals surface area contributed by atoms with Gasteiger partial charge in [0.2, 0.25) is 0 Å². The lowest BCUT2D eigenvalue weighted by molar-refractivity contribution is 0.148. The number of hydrogen-bond acceptors (Lipinski definition) is 8. The number of imidazole rings is 1. The zero-order valence-corrected chi connectivity index (χ0v) is 23.5. The summed E-state index contributed by atoms with van der Waals surface area (Å²) in [7, 11) is 4.00. The molecular weight excluding hydrogens is 531 g/mol. The van der Waals surface area contributed by atoms with Crippen LogP contribution in [0.2, 0.25) is 0 Å². The zero-order chi connectivity index (χ0) is 28.6. The highest BCUT2D eigenvalue weighted by atomic mass is 19.1. The van der Waals surface area contributed by atoms with Crippen molar-refractivity contribution >= 4 is 22.1 Å². The second-order valence-electron chi connectivity index (χ2n) is 10.9. The molecule has 6 heterocycles. The number of piperazine rings is 1. The lowest BCUT2D eigenvalue weighted by Gasteiger charge is -2.32. The number of aromatic nitrogens is 7. The van der Waals surface area contributed by atoms with Crippen LogP contribution in [0.4, 0.5) is 4.39 Å². The number of hydrogen-bond donors (Lipinski definition) is 3. The number of pyridine rings is 3. The van der Waals surface area contributed by atoms with Crippen molar-refractivity contribution in [2.75, 3.05) is 40.3 Å². The largest absolute Gasteiger partial charge is 0.335 e. The number of nitrogens with one attached hydrogen (secondary N) is 3. The fourth-order valence-electron chi connectivity index (χ4n) is 5.61. The van der Waals surface area contributed by atoms with Crippen LogP contribution in [0, 0.1) is 5.82 Å². The van der Waals surface area contributed by atoms with Crippen LogP contribution < -0.4 is 5.32 Å². The van der Waals surface area contributed by atoms with Gasteiger partial charge in [-0.15, -0.1) is 0 Å². The second kappa shape index (κ2) is 11.0. The fraction of sp³-hybridized carbons (Fsp3) is 0.258. The maximum atomic E-state index is 14.5. The van der Waals surface area contributed by atoms with Crippen molar-refractivity contribution in [1.29, 1.82) is 0 Å². The SMILES string of the molecule is CNCc1cc(F)cc(-c2cncc3[nH]c(-c4[nH]nc5ncc(-c6cncc(CN7CCN(C)CC7)c6)cc45)nc23)c1. The van der Waals surface area contributed by atoms with Crippen LogP contribution in [-0.2, 0) is 13.1 Å². The summed E-state index contributed by atoms with van der Waals surface area (Å²) in [6.07, 6.45) is 9.09. The van der Waals surface area contributed by atoms with Gasteiger partial charge in [0.1, 0.15) is 11.5 Å². The van der Waals surface area contributed by atoms with E-state index in [0.29, 0.717) is 23.5 Å². The Hall–Kier alpha value is -4.58. The third-order valence-electron chi connectivity index (χ3n) is 7.82. The molecule has 1 fully saturated rings. The second-order valence-corrected chi connectivity index (χ2v) is 10.9. The van der Waals surface area contributed by atoms with Crippen molar-refractivity contribution in [1.82, 2.24) is 50.2 Å². The molecule has 11 heteroatoms. The minimum absolute atomic E-state index is 0.300. The number of nitrogens with zero attached hydrogens (tertiary/aromatic N) is 7. The molecule has 0 spiro atoms. The van der Waals surface area contributed by atoms with Gasteiger partial charge in [0.25, 0.3) is 0 Å². The molecule has 3 N–H and O–H groups in total. The van der Waals surface area contributed by atoms with Crippen molar-refractivity contribution in [2.24, 2.45) is 0 Å². The summed E-state index contributed by atoms with van der Waals surface area (Å²) in [6.45, 7) is 5.70. The van der Waals surface area contributed by atoms with E-state index in [9.17, 15) is 4.39 Å². The van der Waals surface area contributed by atoms with E-state index < -0.39 is 0 Å². The van der Waals surface area contributed by atoms with Crippen LogP contribution in [0.15, 0.2) is 61.3 Å². The van der Waals surface area contributed by atoms with Gasteiger partial charge in [-0.05, 0) is 61.1 Å². The Morgan fingerprint density at radius 1 is 0.881 bits per heavy atom. The van der Waals surface area contributed by atoms with Crippen molar-refractivity contribution < 1.29 is 4.39 Å². The summed E-state index contributed by atoms with van der Waals surface area (Å²) in [5.74, 6) is 0.306. The molecular formula is C31H31FN10. The average Bonchev–Trinajstić information content (AvgIpc) is 3.62. The number of likely N-dealkylation sites (N-methyl/N-ethyl adjacent to an activating group) is 1. The molecule has 1 saturated heterocycles. The summed E-state index contributed by atoms with van der Waals surface area (Å²) in [5.41, 5.74) is 8.21. The highest BCUT2D eigenvalue weighted by Crippen LogP contribution is 2.33. The van der Waals surface area contributed by atoms with Crippen LogP contribution >= 0.6 is 0 Å². The van der Waals surface area contributed by atoms with Crippen LogP contribution in [0.1, 0.15) is 11.1 Å². The van der Waals surface area contributed by atoms with Gasteiger partial charge in [-0.1, -0.05) is 0 Å². The molecule has 7 rings (SSSR count). The summed E-state index contributed by atoms with van der Waals surface area (Å²) < 4.78 is 14.5. The number of benzene rings is 1. The first-order valence-corrected chi connectivity index (χ1v) is 14.0. The summed E-state index contributed by atoms with van der Waals surface area (Å²) in [5, 5.41) is 11.5. The molecule has 1 aromatic carbocycles. The van der Waals surface area contributed by atoms with Gasteiger partial charge in [0, 0.05) is 80.7 Å². The lowest BCUT2D eigenvalue weighted by Crippen LogP contribution is -2.43. The van der Waals surface area contributed by atoms with Gasteiger partial charge in [0.15, 0.2) is 11.5 Å². The van der Waals surface area contributed by atoms with Crippen molar-refractivity contribution in [2.45, 2.75) is 13.1 Å². The van der Waals surface area contributed by atoms with Gasteiger partial charge in [-0.3, -0.25) is 20.0 Å². The van der Waals surface area contributed by atoms with E-state index in [0.717, 1.165) is 77.1 Å². The summed E-state index contributed by atoms with van der Waals surface area (Å²) in [4.78, 5) is 26.7. The van der Waals surface area contributed by atoms with E-state index in [-0.39, 0.29) is 5.82 Å². The van der Waals surface area contributed by atoms with Crippen LogP contribution in [0.3, 0.4) is 0 Å². The average molecular weight is 563 g/mol. The third kappa shape index (κ3) is 5.13. The Morgan fingerprint density at radius 2 is 1.69 bits per heavy atom. The topological polar surface area (TPSA) is 115 Å². The molecule has 6 aromatic rings. The molecule has 10 nitrogen and oxygen atoms in total. The first kappa shape index (κ1) is 26.3. The van der Waals surface area contributed by atoms with Gasteiger partial charge < -0.3 is 15.2 Å². The molecule has 0 amide bonds. The van der Waals surface area contributed by atoms with E-state index in [1.165, 1.54) is 17.7 Å². The smallest absolute Gasteiger partial charge is 0.181 e. The van der Waals surface area contributed by atoms with Gasteiger partial charge in [0.05, 0.1) is 22.6 Å². The van der Waals surface area contributed by atoms with Gasteiger partial charge in [-0.2, -0.15) is 5.10 Å². The van der Waals surface area contributed by atoms with Crippen LogP contribution in [-0.4, -0.2) is 85.2 Å². The molecule has 212 valence electrons. The standard InChI is InChI=1S/C31H31FN10/c1-33-12-19-7-21(10-24(32)9-19)26-16-35-17-27-28(26)38-31(37-27)29-25-11-23(15-36-30(25)40-39-29)22-8-20(13-34-14-22)18-42-5-3-41(2)4-6-42/h7-11,13-17,33H,3-6,12,18H2,1-2H3,(H,37,38)(H,36,39,40). The molecule has 0 bridgehead atoms. The summed E-state index contributed by atoms with van der Waals surface area (Å²) >= 11 is 0. The van der Waals surface area contributed by atoms with E-state index in [2.05, 4.69) is 64.4 Å². The minimum atomic E-state index is -0.300. The zero-order valence-electron chi connectivity index (χ0n) is 23.5. The number of aromatic amines is 2. The molecule has 42 heavy (non-hydrogen) atoms. The van der Waals surface area contributed by atoms with E-state index in [4.69, 9.17) is 4.98 Å². The maximum absolute atomic E-state index is 14.5. The summed E-state index contributed by atoms with van der Waals surface area (Å²) in [6, 6.07) is 9.26. The molecule has 1 aliphatic rings. The highest BCUT2D eigenvalue weighted by molar-refractivity contribution is 5.96. The first-order chi connectivity index (χ1) is 20.5. The lowest BCUT2D eigenvalue weighted by atomic mass is 10.0. The molecule has 0 radical (unpaired) electrons. The Balaban J connectivity index is 1.23. The minimum Gasteiger partial charge on any atom is -0.335 e. The Labute approximate surface area is 242 Å². The predicted molar refractivity (Wildman–Crippen MR) is 161 cm³/mol. The molecule has 0 atom stereocenters. The van der Waals surface area contributed by atoms with Crippen LogP contribution in [0.5, 0.6) is 0 Å². The van der Waals surface area contributed by atoms with E-state index in [1.807, 2.05) is 31.7 Å². The van der Waals surface area contributed by atoms with E-state index in [1.54, 1.807) is 12.4 Å². The predicted octanol–water partition coefficient (Wildman–Crippen LogP) is 4.23. The first-order valence-electron chi connectivity index (χ1n) is 14.0. The fourth-order valence-corrected chi connectivity index (χ4v) is 5.61. The van der Waals surface area contributed by atoms with Gasteiger partial charge >= 0.3 is 0 Å². The number of halogens is 1. The molecule has 0 unspecified atom stereocenters. The normalized spacial score (nSPS) is 14.7. The monoisotopic (exact) mass is 562 g/mol. The quantitative estimate of drug-likeness (QED) is 0.265. The Bertz CT molecular complexity index is 1890. The molecule has 0 aliphatic carbocycles. The third-order valence-corrected chi connectivity index (χ3v) is 7.82. The van der Waals surface area contributed by atoms with Crippen molar-refractivity contribution in [3.63, 3.8) is 0 Å². The van der Waals surface area contributed by atoms with Gasteiger partial charge in [-0.25, -0.2) is 14.4 Å². The number of fused-ring (bicyclic) bond motifs is 2. The molecule has 0 saturated carbocycles. The Kier molecular flexibility index (Phi) is 6.90. The van der Waals surface area contributed by atoms with Crippen molar-refractivity contribution in [3.05, 3.63) is 78.3 Å². The molecule has 5 aromatic heterocycles.